The molecule has 0 atom stereocenters. The van der Waals surface area contributed by atoms with Gasteiger partial charge in [-0.2, -0.15) is 0 Å². The Labute approximate surface area is 105 Å². The monoisotopic (exact) mass is 229 g/mol. The van der Waals surface area contributed by atoms with Crippen LogP contribution >= 0.6 is 0 Å². The summed E-state index contributed by atoms with van der Waals surface area (Å²) in [6.07, 6.45) is 7.95. The van der Waals surface area contributed by atoms with Crippen molar-refractivity contribution < 1.29 is 0 Å². The van der Waals surface area contributed by atoms with E-state index in [2.05, 4.69) is 30.4 Å². The van der Waals surface area contributed by atoms with Gasteiger partial charge in [0.2, 0.25) is 0 Å². The standard InChI is InChI=1S/C16H23N/c1-2-4-13-5-3-6-14-11-16(12-15(13)14)7-9-17-10-8-16/h3,5-6,17H,2,4,7-12H2,1H3. The van der Waals surface area contributed by atoms with Crippen molar-refractivity contribution in [2.45, 2.75) is 45.4 Å². The van der Waals surface area contributed by atoms with Gasteiger partial charge in [-0.15, -0.1) is 0 Å². The van der Waals surface area contributed by atoms with Gasteiger partial charge in [0.1, 0.15) is 0 Å². The third kappa shape index (κ3) is 2.01. The van der Waals surface area contributed by atoms with Crippen molar-refractivity contribution in [3.63, 3.8) is 0 Å². The molecule has 1 fully saturated rings. The van der Waals surface area contributed by atoms with E-state index in [9.17, 15) is 0 Å². The second kappa shape index (κ2) is 4.45. The van der Waals surface area contributed by atoms with E-state index < -0.39 is 0 Å². The molecule has 1 nitrogen and oxygen atoms in total. The minimum Gasteiger partial charge on any atom is -0.317 e. The summed E-state index contributed by atoms with van der Waals surface area (Å²) in [6, 6.07) is 6.98. The van der Waals surface area contributed by atoms with Crippen LogP contribution in [-0.2, 0) is 19.3 Å². The van der Waals surface area contributed by atoms with E-state index in [0.717, 1.165) is 0 Å². The molecule has 1 aromatic carbocycles. The molecule has 0 radical (unpaired) electrons. The summed E-state index contributed by atoms with van der Waals surface area (Å²) in [6.45, 7) is 4.73. The lowest BCUT2D eigenvalue weighted by Gasteiger charge is -2.33. The van der Waals surface area contributed by atoms with Crippen LogP contribution in [0.1, 0.15) is 42.9 Å². The molecule has 92 valence electrons. The first-order chi connectivity index (χ1) is 8.33. The van der Waals surface area contributed by atoms with E-state index in [1.54, 1.807) is 16.7 Å². The first kappa shape index (κ1) is 11.3. The van der Waals surface area contributed by atoms with Crippen molar-refractivity contribution >= 4 is 0 Å². The van der Waals surface area contributed by atoms with Crippen LogP contribution in [0.2, 0.25) is 0 Å². The number of rotatable bonds is 2. The van der Waals surface area contributed by atoms with Crippen LogP contribution in [0.5, 0.6) is 0 Å². The SMILES string of the molecule is CCCc1cccc2c1CC1(CCNCC1)C2. The van der Waals surface area contributed by atoms with Gasteiger partial charge in [-0.25, -0.2) is 0 Å². The predicted molar refractivity (Wildman–Crippen MR) is 72.4 cm³/mol. The van der Waals surface area contributed by atoms with Gasteiger partial charge >= 0.3 is 0 Å². The number of benzene rings is 1. The average molecular weight is 229 g/mol. The van der Waals surface area contributed by atoms with Gasteiger partial charge in [-0.1, -0.05) is 31.5 Å². The molecule has 3 rings (SSSR count). The predicted octanol–water partition coefficient (Wildman–Crippen LogP) is 3.11. The molecule has 0 bridgehead atoms. The van der Waals surface area contributed by atoms with E-state index in [4.69, 9.17) is 0 Å². The number of hydrogen-bond donors (Lipinski definition) is 1. The molecule has 1 spiro atoms. The Kier molecular flexibility index (Phi) is 2.96. The fourth-order valence-electron chi connectivity index (χ4n) is 3.74. The maximum Gasteiger partial charge on any atom is -0.00434 e. The summed E-state index contributed by atoms with van der Waals surface area (Å²) in [5.74, 6) is 0. The maximum absolute atomic E-state index is 3.50. The lowest BCUT2D eigenvalue weighted by molar-refractivity contribution is 0.215. The molecule has 1 aromatic rings. The lowest BCUT2D eigenvalue weighted by Crippen LogP contribution is -2.37. The van der Waals surface area contributed by atoms with Crippen molar-refractivity contribution in [1.29, 1.82) is 0 Å². The van der Waals surface area contributed by atoms with E-state index in [-0.39, 0.29) is 0 Å². The molecule has 0 amide bonds. The zero-order valence-electron chi connectivity index (χ0n) is 10.9. The summed E-state index contributed by atoms with van der Waals surface area (Å²) < 4.78 is 0. The second-order valence-electron chi connectivity index (χ2n) is 5.91. The van der Waals surface area contributed by atoms with Crippen LogP contribution < -0.4 is 5.32 Å². The van der Waals surface area contributed by atoms with Crippen molar-refractivity contribution in [2.75, 3.05) is 13.1 Å². The molecule has 2 aliphatic rings. The van der Waals surface area contributed by atoms with Gasteiger partial charge in [0.25, 0.3) is 0 Å². The molecule has 0 unspecified atom stereocenters. The van der Waals surface area contributed by atoms with Crippen LogP contribution in [0.25, 0.3) is 0 Å². The molecule has 1 aliphatic heterocycles. The van der Waals surface area contributed by atoms with Gasteiger partial charge in [0, 0.05) is 0 Å². The zero-order chi connectivity index (χ0) is 11.7. The molecular weight excluding hydrogens is 206 g/mol. The highest BCUT2D eigenvalue weighted by Gasteiger charge is 2.38. The van der Waals surface area contributed by atoms with Gasteiger partial charge < -0.3 is 5.32 Å². The molecule has 17 heavy (non-hydrogen) atoms. The van der Waals surface area contributed by atoms with Crippen LogP contribution in [0, 0.1) is 5.41 Å². The van der Waals surface area contributed by atoms with Crippen molar-refractivity contribution in [2.24, 2.45) is 5.41 Å². The fourth-order valence-corrected chi connectivity index (χ4v) is 3.74. The number of fused-ring (bicyclic) bond motifs is 1. The quantitative estimate of drug-likeness (QED) is 0.821. The topological polar surface area (TPSA) is 12.0 Å². The van der Waals surface area contributed by atoms with Gasteiger partial charge in [0.15, 0.2) is 0 Å². The third-order valence-electron chi connectivity index (χ3n) is 4.67. The minimum atomic E-state index is 0.609. The third-order valence-corrected chi connectivity index (χ3v) is 4.67. The number of nitrogens with one attached hydrogen (secondary N) is 1. The van der Waals surface area contributed by atoms with Crippen LogP contribution in [-0.4, -0.2) is 13.1 Å². The molecule has 1 heterocycles. The minimum absolute atomic E-state index is 0.609. The van der Waals surface area contributed by atoms with Gasteiger partial charge in [0.05, 0.1) is 0 Å². The molecule has 1 N–H and O–H groups in total. The molecule has 1 heteroatoms. The Morgan fingerprint density at radius 1 is 1.18 bits per heavy atom. The Hall–Kier alpha value is -0.820. The Balaban J connectivity index is 1.89. The maximum atomic E-state index is 3.50. The fraction of sp³-hybridized carbons (Fsp3) is 0.625. The van der Waals surface area contributed by atoms with E-state index >= 15 is 0 Å². The van der Waals surface area contributed by atoms with Crippen LogP contribution in [0.15, 0.2) is 18.2 Å². The molecule has 1 aliphatic carbocycles. The van der Waals surface area contributed by atoms with Crippen molar-refractivity contribution in [3.8, 4) is 0 Å². The highest BCUT2D eigenvalue weighted by atomic mass is 14.9. The Morgan fingerprint density at radius 2 is 2.00 bits per heavy atom. The van der Waals surface area contributed by atoms with E-state index in [1.807, 2.05) is 0 Å². The average Bonchev–Trinajstić information content (AvgIpc) is 2.69. The summed E-state index contributed by atoms with van der Waals surface area (Å²) in [5, 5.41) is 3.50. The number of hydrogen-bond acceptors (Lipinski definition) is 1. The first-order valence-electron chi connectivity index (χ1n) is 7.13. The van der Waals surface area contributed by atoms with Crippen LogP contribution in [0.4, 0.5) is 0 Å². The lowest BCUT2D eigenvalue weighted by atomic mass is 9.76. The van der Waals surface area contributed by atoms with E-state index in [0.29, 0.717) is 5.41 Å². The molecule has 0 aromatic heterocycles. The summed E-state index contributed by atoms with van der Waals surface area (Å²) in [7, 11) is 0. The Morgan fingerprint density at radius 3 is 2.76 bits per heavy atom. The Bertz CT molecular complexity index is 402. The van der Waals surface area contributed by atoms with Crippen LogP contribution in [0.3, 0.4) is 0 Å². The highest BCUT2D eigenvalue weighted by Crippen LogP contribution is 2.44. The number of aryl methyl sites for hydroxylation is 1. The molecular formula is C16H23N. The largest absolute Gasteiger partial charge is 0.317 e. The summed E-state index contributed by atoms with van der Waals surface area (Å²) in [4.78, 5) is 0. The highest BCUT2D eigenvalue weighted by molar-refractivity contribution is 5.41. The van der Waals surface area contributed by atoms with Crippen molar-refractivity contribution in [3.05, 3.63) is 34.9 Å². The smallest absolute Gasteiger partial charge is 0.00434 e. The summed E-state index contributed by atoms with van der Waals surface area (Å²) >= 11 is 0. The second-order valence-corrected chi connectivity index (χ2v) is 5.91. The van der Waals surface area contributed by atoms with Crippen molar-refractivity contribution in [1.82, 2.24) is 5.32 Å². The molecule has 0 saturated carbocycles. The summed E-state index contributed by atoms with van der Waals surface area (Å²) in [5.41, 5.74) is 5.59. The van der Waals surface area contributed by atoms with E-state index in [1.165, 1.54) is 51.6 Å². The van der Waals surface area contributed by atoms with Gasteiger partial charge in [-0.3, -0.25) is 0 Å². The van der Waals surface area contributed by atoms with Gasteiger partial charge in [-0.05, 0) is 67.3 Å². The molecule has 1 saturated heterocycles. The first-order valence-corrected chi connectivity index (χ1v) is 7.13. The normalized spacial score (nSPS) is 21.7. The zero-order valence-corrected chi connectivity index (χ0v) is 10.9. The number of piperidine rings is 1.